The molecule has 0 spiro atoms. The van der Waals surface area contributed by atoms with Crippen LogP contribution >= 0.6 is 0 Å². The van der Waals surface area contributed by atoms with Crippen molar-refractivity contribution in [1.29, 1.82) is 0 Å². The average molecular weight is 208 g/mol. The first-order chi connectivity index (χ1) is 7.24. The van der Waals surface area contributed by atoms with Crippen LogP contribution in [0.15, 0.2) is 24.3 Å². The molecule has 1 rings (SSSR count). The summed E-state index contributed by atoms with van der Waals surface area (Å²) in [6.07, 6.45) is 0. The first-order valence-corrected chi connectivity index (χ1v) is 4.97. The highest BCUT2D eigenvalue weighted by Gasteiger charge is 2.05. The molecular formula is C11H16N2O2. The van der Waals surface area contributed by atoms with E-state index in [1.165, 1.54) is 0 Å². The first-order valence-electron chi connectivity index (χ1n) is 4.97. The van der Waals surface area contributed by atoms with E-state index in [1.807, 2.05) is 6.92 Å². The van der Waals surface area contributed by atoms with E-state index in [2.05, 4.69) is 5.32 Å². The monoisotopic (exact) mass is 208 g/mol. The van der Waals surface area contributed by atoms with Crippen LogP contribution in [0.4, 0.5) is 5.69 Å². The van der Waals surface area contributed by atoms with Crippen LogP contribution in [0.3, 0.4) is 0 Å². The topological polar surface area (TPSA) is 64.3 Å². The molecule has 0 aliphatic heterocycles. The van der Waals surface area contributed by atoms with E-state index in [1.54, 1.807) is 24.3 Å². The van der Waals surface area contributed by atoms with Gasteiger partial charge in [0.1, 0.15) is 6.61 Å². The molecule has 3 N–H and O–H groups in total. The molecule has 0 radical (unpaired) electrons. The summed E-state index contributed by atoms with van der Waals surface area (Å²) in [6, 6.07) is 6.68. The van der Waals surface area contributed by atoms with Gasteiger partial charge < -0.3 is 15.8 Å². The minimum atomic E-state index is -0.312. The fourth-order valence-corrected chi connectivity index (χ4v) is 1.10. The average Bonchev–Trinajstić information content (AvgIpc) is 2.25. The lowest BCUT2D eigenvalue weighted by atomic mass is 10.2. The Balaban J connectivity index is 2.37. The van der Waals surface area contributed by atoms with Crippen LogP contribution in [0.2, 0.25) is 0 Å². The summed E-state index contributed by atoms with van der Waals surface area (Å²) in [6.45, 7) is 3.94. The Morgan fingerprint density at radius 3 is 2.67 bits per heavy atom. The number of nitrogen functional groups attached to an aromatic ring is 1. The molecule has 0 aliphatic rings. The zero-order valence-corrected chi connectivity index (χ0v) is 8.82. The second-order valence-electron chi connectivity index (χ2n) is 3.11. The summed E-state index contributed by atoms with van der Waals surface area (Å²) in [5.41, 5.74) is 6.67. The van der Waals surface area contributed by atoms with Crippen LogP contribution in [0.25, 0.3) is 0 Å². The number of esters is 1. The van der Waals surface area contributed by atoms with E-state index in [9.17, 15) is 4.79 Å². The van der Waals surface area contributed by atoms with E-state index in [0.717, 1.165) is 6.54 Å². The summed E-state index contributed by atoms with van der Waals surface area (Å²) in [5, 5.41) is 3.07. The Morgan fingerprint density at radius 1 is 1.40 bits per heavy atom. The van der Waals surface area contributed by atoms with Gasteiger partial charge in [0.2, 0.25) is 0 Å². The maximum Gasteiger partial charge on any atom is 0.338 e. The molecule has 0 fully saturated rings. The van der Waals surface area contributed by atoms with Crippen molar-refractivity contribution in [2.45, 2.75) is 6.92 Å². The van der Waals surface area contributed by atoms with E-state index in [0.29, 0.717) is 24.4 Å². The minimum Gasteiger partial charge on any atom is -0.461 e. The Kier molecular flexibility index (Phi) is 4.63. The molecule has 0 aliphatic carbocycles. The third-order valence-electron chi connectivity index (χ3n) is 1.91. The Labute approximate surface area is 89.4 Å². The number of likely N-dealkylation sites (N-methyl/N-ethyl adjacent to an activating group) is 1. The molecule has 15 heavy (non-hydrogen) atoms. The highest BCUT2D eigenvalue weighted by Crippen LogP contribution is 2.06. The van der Waals surface area contributed by atoms with Gasteiger partial charge in [0.15, 0.2) is 0 Å². The predicted molar refractivity (Wildman–Crippen MR) is 59.7 cm³/mol. The van der Waals surface area contributed by atoms with Crippen molar-refractivity contribution in [3.8, 4) is 0 Å². The van der Waals surface area contributed by atoms with Crippen molar-refractivity contribution < 1.29 is 9.53 Å². The van der Waals surface area contributed by atoms with Crippen molar-refractivity contribution in [3.63, 3.8) is 0 Å². The molecule has 0 bridgehead atoms. The number of rotatable bonds is 5. The van der Waals surface area contributed by atoms with Gasteiger partial charge in [0.05, 0.1) is 5.56 Å². The second-order valence-corrected chi connectivity index (χ2v) is 3.11. The van der Waals surface area contributed by atoms with Crippen LogP contribution in [-0.2, 0) is 4.74 Å². The van der Waals surface area contributed by atoms with Gasteiger partial charge in [-0.1, -0.05) is 6.92 Å². The molecule has 0 atom stereocenters. The normalized spacial score (nSPS) is 9.93. The largest absolute Gasteiger partial charge is 0.461 e. The molecule has 1 aromatic rings. The van der Waals surface area contributed by atoms with Gasteiger partial charge in [-0.2, -0.15) is 0 Å². The van der Waals surface area contributed by atoms with Gasteiger partial charge in [0, 0.05) is 12.2 Å². The molecule has 0 unspecified atom stereocenters. The zero-order chi connectivity index (χ0) is 11.1. The van der Waals surface area contributed by atoms with Gasteiger partial charge in [-0.05, 0) is 30.8 Å². The van der Waals surface area contributed by atoms with Crippen molar-refractivity contribution in [2.24, 2.45) is 0 Å². The number of nitrogens with one attached hydrogen (secondary N) is 1. The van der Waals surface area contributed by atoms with Crippen LogP contribution < -0.4 is 11.1 Å². The summed E-state index contributed by atoms with van der Waals surface area (Å²) in [4.78, 5) is 11.4. The molecular weight excluding hydrogens is 192 g/mol. The molecule has 0 heterocycles. The Bertz CT molecular complexity index is 309. The zero-order valence-electron chi connectivity index (χ0n) is 8.82. The lowest BCUT2D eigenvalue weighted by molar-refractivity contribution is 0.0509. The third kappa shape index (κ3) is 3.99. The fraction of sp³-hybridized carbons (Fsp3) is 0.364. The summed E-state index contributed by atoms with van der Waals surface area (Å²) in [5.74, 6) is -0.312. The SMILES string of the molecule is CCNCCOC(=O)c1ccc(N)cc1. The molecule has 1 aromatic carbocycles. The Hall–Kier alpha value is -1.55. The molecule has 0 aromatic heterocycles. The van der Waals surface area contributed by atoms with Crippen molar-refractivity contribution in [1.82, 2.24) is 5.32 Å². The number of hydrogen-bond acceptors (Lipinski definition) is 4. The van der Waals surface area contributed by atoms with Gasteiger partial charge in [-0.25, -0.2) is 4.79 Å². The maximum absolute atomic E-state index is 11.4. The lowest BCUT2D eigenvalue weighted by Gasteiger charge is -2.05. The van der Waals surface area contributed by atoms with Gasteiger partial charge >= 0.3 is 5.97 Å². The molecule has 4 nitrogen and oxygen atoms in total. The molecule has 4 heteroatoms. The first kappa shape index (κ1) is 11.5. The van der Waals surface area contributed by atoms with Crippen LogP contribution in [0, 0.1) is 0 Å². The predicted octanol–water partition coefficient (Wildman–Crippen LogP) is 1.04. The van der Waals surface area contributed by atoms with Gasteiger partial charge in [-0.3, -0.25) is 0 Å². The second kappa shape index (κ2) is 6.03. The highest BCUT2D eigenvalue weighted by atomic mass is 16.5. The number of hydrogen-bond donors (Lipinski definition) is 2. The number of nitrogens with two attached hydrogens (primary N) is 1. The summed E-state index contributed by atoms with van der Waals surface area (Å²) < 4.78 is 5.03. The number of carbonyl (C=O) groups excluding carboxylic acids is 1. The molecule has 0 saturated carbocycles. The molecule has 0 saturated heterocycles. The fourth-order valence-electron chi connectivity index (χ4n) is 1.10. The van der Waals surface area contributed by atoms with E-state index < -0.39 is 0 Å². The quantitative estimate of drug-likeness (QED) is 0.431. The molecule has 82 valence electrons. The maximum atomic E-state index is 11.4. The number of carbonyl (C=O) groups is 1. The standard InChI is InChI=1S/C11H16N2O2/c1-2-13-7-8-15-11(14)9-3-5-10(12)6-4-9/h3-6,13H,2,7-8,12H2,1H3. The number of anilines is 1. The van der Waals surface area contributed by atoms with E-state index in [4.69, 9.17) is 10.5 Å². The Morgan fingerprint density at radius 2 is 2.07 bits per heavy atom. The number of benzene rings is 1. The lowest BCUT2D eigenvalue weighted by Crippen LogP contribution is -2.20. The van der Waals surface area contributed by atoms with Crippen LogP contribution in [0.5, 0.6) is 0 Å². The van der Waals surface area contributed by atoms with Crippen molar-refractivity contribution >= 4 is 11.7 Å². The van der Waals surface area contributed by atoms with Gasteiger partial charge in [0.25, 0.3) is 0 Å². The van der Waals surface area contributed by atoms with Crippen molar-refractivity contribution in [2.75, 3.05) is 25.4 Å². The van der Waals surface area contributed by atoms with Crippen LogP contribution in [-0.4, -0.2) is 25.7 Å². The molecule has 0 amide bonds. The van der Waals surface area contributed by atoms with E-state index in [-0.39, 0.29) is 5.97 Å². The summed E-state index contributed by atoms with van der Waals surface area (Å²) >= 11 is 0. The van der Waals surface area contributed by atoms with E-state index >= 15 is 0 Å². The number of ether oxygens (including phenoxy) is 1. The van der Waals surface area contributed by atoms with Gasteiger partial charge in [-0.15, -0.1) is 0 Å². The third-order valence-corrected chi connectivity index (χ3v) is 1.91. The van der Waals surface area contributed by atoms with Crippen LogP contribution in [0.1, 0.15) is 17.3 Å². The highest BCUT2D eigenvalue weighted by molar-refractivity contribution is 5.89. The van der Waals surface area contributed by atoms with Crippen molar-refractivity contribution in [3.05, 3.63) is 29.8 Å². The smallest absolute Gasteiger partial charge is 0.338 e. The summed E-state index contributed by atoms with van der Waals surface area (Å²) in [7, 11) is 0. The minimum absolute atomic E-state index is 0.312.